The van der Waals surface area contributed by atoms with E-state index in [1.54, 1.807) is 19.2 Å². The smallest absolute Gasteiger partial charge is 0.122 e. The summed E-state index contributed by atoms with van der Waals surface area (Å²) in [6.45, 7) is 3.79. The van der Waals surface area contributed by atoms with E-state index >= 15 is 0 Å². The van der Waals surface area contributed by atoms with Gasteiger partial charge in [-0.05, 0) is 25.5 Å². The first kappa shape index (κ1) is 14.5. The SMILES string of the molecule is COc1cc(C)nc(CS(=O)c2cccc(C)c2N)c1. The lowest BCUT2D eigenvalue weighted by Gasteiger charge is -2.09. The number of nitrogens with zero attached hydrogens (tertiary/aromatic N) is 1. The number of pyridine rings is 1. The highest BCUT2D eigenvalue weighted by molar-refractivity contribution is 7.84. The molecule has 0 aliphatic carbocycles. The standard InChI is InChI=1S/C15H18N2O2S/c1-10-5-4-6-14(15(10)16)20(18)9-12-8-13(19-3)7-11(2)17-12/h4-8H,9,16H2,1-3H3. The van der Waals surface area contributed by atoms with Gasteiger partial charge in [-0.3, -0.25) is 9.19 Å². The van der Waals surface area contributed by atoms with Crippen LogP contribution in [0.4, 0.5) is 5.69 Å². The van der Waals surface area contributed by atoms with E-state index in [9.17, 15) is 4.21 Å². The molecule has 1 unspecified atom stereocenters. The number of nitrogen functional groups attached to an aromatic ring is 1. The van der Waals surface area contributed by atoms with Crippen LogP contribution in [-0.2, 0) is 16.6 Å². The molecule has 0 amide bonds. The van der Waals surface area contributed by atoms with Gasteiger partial charge in [-0.1, -0.05) is 12.1 Å². The Labute approximate surface area is 121 Å². The quantitative estimate of drug-likeness (QED) is 0.879. The minimum absolute atomic E-state index is 0.325. The molecule has 5 heteroatoms. The summed E-state index contributed by atoms with van der Waals surface area (Å²) in [7, 11) is 0.387. The lowest BCUT2D eigenvalue weighted by molar-refractivity contribution is 0.413. The summed E-state index contributed by atoms with van der Waals surface area (Å²) in [4.78, 5) is 5.05. The first-order valence-electron chi connectivity index (χ1n) is 6.26. The Balaban J connectivity index is 2.28. The van der Waals surface area contributed by atoms with Crippen molar-refractivity contribution in [2.24, 2.45) is 0 Å². The van der Waals surface area contributed by atoms with E-state index in [-0.39, 0.29) is 0 Å². The number of benzene rings is 1. The number of anilines is 1. The number of methoxy groups -OCH3 is 1. The van der Waals surface area contributed by atoms with Gasteiger partial charge in [-0.15, -0.1) is 0 Å². The van der Waals surface area contributed by atoms with E-state index in [2.05, 4.69) is 4.98 Å². The maximum Gasteiger partial charge on any atom is 0.122 e. The van der Waals surface area contributed by atoms with Gasteiger partial charge in [-0.2, -0.15) is 0 Å². The Kier molecular flexibility index (Phi) is 4.39. The van der Waals surface area contributed by atoms with Crippen LogP contribution < -0.4 is 10.5 Å². The van der Waals surface area contributed by atoms with Crippen molar-refractivity contribution in [2.45, 2.75) is 24.5 Å². The van der Waals surface area contributed by atoms with Crippen LogP contribution in [0.15, 0.2) is 35.2 Å². The minimum atomic E-state index is -1.22. The normalized spacial score (nSPS) is 12.2. The van der Waals surface area contributed by atoms with Crippen molar-refractivity contribution in [3.8, 4) is 5.75 Å². The molecule has 2 rings (SSSR count). The van der Waals surface area contributed by atoms with Gasteiger partial charge in [0.1, 0.15) is 5.75 Å². The molecule has 20 heavy (non-hydrogen) atoms. The molecule has 0 saturated heterocycles. The zero-order valence-corrected chi connectivity index (χ0v) is 12.7. The van der Waals surface area contributed by atoms with Gasteiger partial charge in [0.05, 0.1) is 39.9 Å². The summed E-state index contributed by atoms with van der Waals surface area (Å²) < 4.78 is 17.7. The van der Waals surface area contributed by atoms with Gasteiger partial charge < -0.3 is 10.5 Å². The summed E-state index contributed by atoms with van der Waals surface area (Å²) in [5.41, 5.74) is 9.09. The van der Waals surface area contributed by atoms with Crippen LogP contribution in [0.2, 0.25) is 0 Å². The maximum atomic E-state index is 12.4. The number of ether oxygens (including phenoxy) is 1. The Hall–Kier alpha value is -1.88. The molecule has 0 saturated carbocycles. The van der Waals surface area contributed by atoms with E-state index in [0.717, 1.165) is 22.7 Å². The van der Waals surface area contributed by atoms with Crippen LogP contribution in [0.1, 0.15) is 17.0 Å². The van der Waals surface area contributed by atoms with E-state index in [1.165, 1.54) is 0 Å². The average molecular weight is 290 g/mol. The molecule has 4 nitrogen and oxygen atoms in total. The lowest BCUT2D eigenvalue weighted by Crippen LogP contribution is -2.04. The number of nitrogens with two attached hydrogens (primary N) is 1. The van der Waals surface area contributed by atoms with Crippen LogP contribution in [0.25, 0.3) is 0 Å². The fourth-order valence-corrected chi connectivity index (χ4v) is 3.17. The molecule has 0 fully saturated rings. The molecular formula is C15H18N2O2S. The molecule has 0 spiro atoms. The van der Waals surface area contributed by atoms with Gasteiger partial charge >= 0.3 is 0 Å². The van der Waals surface area contributed by atoms with Crippen molar-refractivity contribution in [1.82, 2.24) is 4.98 Å². The molecule has 0 aliphatic rings. The van der Waals surface area contributed by atoms with Crippen molar-refractivity contribution in [1.29, 1.82) is 0 Å². The van der Waals surface area contributed by atoms with Gasteiger partial charge in [0.2, 0.25) is 0 Å². The summed E-state index contributed by atoms with van der Waals surface area (Å²) in [5, 5.41) is 0. The molecule has 2 aromatic rings. The lowest BCUT2D eigenvalue weighted by atomic mass is 10.2. The summed E-state index contributed by atoms with van der Waals surface area (Å²) >= 11 is 0. The number of hydrogen-bond donors (Lipinski definition) is 1. The fraction of sp³-hybridized carbons (Fsp3) is 0.267. The molecule has 1 aromatic heterocycles. The molecule has 1 aromatic carbocycles. The zero-order chi connectivity index (χ0) is 14.7. The molecule has 0 aliphatic heterocycles. The Morgan fingerprint density at radius 2 is 2.05 bits per heavy atom. The fourth-order valence-electron chi connectivity index (χ4n) is 1.96. The van der Waals surface area contributed by atoms with Crippen LogP contribution in [0, 0.1) is 13.8 Å². The van der Waals surface area contributed by atoms with Crippen molar-refractivity contribution in [3.63, 3.8) is 0 Å². The minimum Gasteiger partial charge on any atom is -0.497 e. The zero-order valence-electron chi connectivity index (χ0n) is 11.8. The van der Waals surface area contributed by atoms with E-state index < -0.39 is 10.8 Å². The van der Waals surface area contributed by atoms with Crippen molar-refractivity contribution >= 4 is 16.5 Å². The van der Waals surface area contributed by atoms with E-state index in [4.69, 9.17) is 10.5 Å². The van der Waals surface area contributed by atoms with Crippen LogP contribution in [0.3, 0.4) is 0 Å². The number of aromatic nitrogens is 1. The predicted octanol–water partition coefficient (Wildman–Crippen LogP) is 2.60. The number of hydrogen-bond acceptors (Lipinski definition) is 4. The Bertz CT molecular complexity index is 656. The maximum absolute atomic E-state index is 12.4. The summed E-state index contributed by atoms with van der Waals surface area (Å²) in [6, 6.07) is 9.21. The first-order chi connectivity index (χ1) is 9.51. The highest BCUT2D eigenvalue weighted by Gasteiger charge is 2.12. The second-order valence-corrected chi connectivity index (χ2v) is 6.04. The van der Waals surface area contributed by atoms with Gasteiger partial charge in [0, 0.05) is 17.8 Å². The third-order valence-electron chi connectivity index (χ3n) is 3.02. The average Bonchev–Trinajstić information content (AvgIpc) is 2.41. The van der Waals surface area contributed by atoms with Crippen molar-refractivity contribution in [2.75, 3.05) is 12.8 Å². The highest BCUT2D eigenvalue weighted by Crippen LogP contribution is 2.23. The second-order valence-electron chi connectivity index (χ2n) is 4.62. The third-order valence-corrected chi connectivity index (χ3v) is 4.43. The molecule has 1 atom stereocenters. The van der Waals surface area contributed by atoms with E-state index in [1.807, 2.05) is 32.0 Å². The molecule has 1 heterocycles. The Morgan fingerprint density at radius 1 is 1.30 bits per heavy atom. The molecule has 0 radical (unpaired) electrons. The predicted molar refractivity (Wildman–Crippen MR) is 81.2 cm³/mol. The number of para-hydroxylation sites is 1. The van der Waals surface area contributed by atoms with E-state index in [0.29, 0.717) is 16.3 Å². The number of rotatable bonds is 4. The largest absolute Gasteiger partial charge is 0.497 e. The monoisotopic (exact) mass is 290 g/mol. The third kappa shape index (κ3) is 3.17. The Morgan fingerprint density at radius 3 is 2.75 bits per heavy atom. The highest BCUT2D eigenvalue weighted by atomic mass is 32.2. The molecule has 0 bridgehead atoms. The van der Waals surface area contributed by atoms with Crippen molar-refractivity contribution in [3.05, 3.63) is 47.3 Å². The molecule has 106 valence electrons. The van der Waals surface area contributed by atoms with Gasteiger partial charge in [0.25, 0.3) is 0 Å². The van der Waals surface area contributed by atoms with Crippen LogP contribution >= 0.6 is 0 Å². The second kappa shape index (κ2) is 6.05. The number of aryl methyl sites for hydroxylation is 2. The van der Waals surface area contributed by atoms with Gasteiger partial charge in [-0.25, -0.2) is 0 Å². The molecule has 2 N–H and O–H groups in total. The molecular weight excluding hydrogens is 272 g/mol. The van der Waals surface area contributed by atoms with Crippen LogP contribution in [0.5, 0.6) is 5.75 Å². The topological polar surface area (TPSA) is 65.2 Å². The first-order valence-corrected chi connectivity index (χ1v) is 7.58. The van der Waals surface area contributed by atoms with Crippen LogP contribution in [-0.4, -0.2) is 16.3 Å². The summed E-state index contributed by atoms with van der Waals surface area (Å²) in [5.74, 6) is 1.05. The van der Waals surface area contributed by atoms with Gasteiger partial charge in [0.15, 0.2) is 0 Å². The summed E-state index contributed by atoms with van der Waals surface area (Å²) in [6.07, 6.45) is 0. The van der Waals surface area contributed by atoms with Crippen molar-refractivity contribution < 1.29 is 8.95 Å².